The minimum atomic E-state index is -0.422. The fourth-order valence-corrected chi connectivity index (χ4v) is 1.95. The van der Waals surface area contributed by atoms with Gasteiger partial charge in [0.15, 0.2) is 0 Å². The van der Waals surface area contributed by atoms with Crippen molar-refractivity contribution in [3.63, 3.8) is 0 Å². The second-order valence-corrected chi connectivity index (χ2v) is 5.22. The molecule has 0 aromatic heterocycles. The molecule has 0 bridgehead atoms. The van der Waals surface area contributed by atoms with Gasteiger partial charge in [-0.1, -0.05) is 0 Å². The third kappa shape index (κ3) is 3.98. The van der Waals surface area contributed by atoms with Gasteiger partial charge in [-0.15, -0.1) is 0 Å². The number of rotatable bonds is 5. The lowest BCUT2D eigenvalue weighted by molar-refractivity contribution is -0.384. The fraction of sp³-hybridized carbons (Fsp3) is 0.455. The predicted molar refractivity (Wildman–Crippen MR) is 70.4 cm³/mol. The average Bonchev–Trinajstić information content (AvgIpc) is 2.20. The number of halogens is 1. The fourth-order valence-electron chi connectivity index (χ4n) is 1.48. The largest absolute Gasteiger partial charge is 0.382 e. The van der Waals surface area contributed by atoms with Crippen molar-refractivity contribution in [3.05, 3.63) is 32.8 Å². The van der Waals surface area contributed by atoms with Crippen molar-refractivity contribution in [1.82, 2.24) is 0 Å². The van der Waals surface area contributed by atoms with Gasteiger partial charge >= 0.3 is 0 Å². The van der Waals surface area contributed by atoms with Gasteiger partial charge in [-0.05, 0) is 35.8 Å². The van der Waals surface area contributed by atoms with Crippen molar-refractivity contribution >= 4 is 27.3 Å². The summed E-state index contributed by atoms with van der Waals surface area (Å²) in [5.74, 6) is 0. The molecule has 1 aromatic carbocycles. The lowest BCUT2D eigenvalue weighted by Gasteiger charge is -2.27. The van der Waals surface area contributed by atoms with Gasteiger partial charge in [0, 0.05) is 29.4 Å². The molecule has 0 unspecified atom stereocenters. The van der Waals surface area contributed by atoms with Crippen LogP contribution in [0.15, 0.2) is 22.7 Å². The molecule has 0 amide bonds. The molecule has 1 rings (SSSR count). The number of nitro groups is 1. The molecule has 17 heavy (non-hydrogen) atoms. The van der Waals surface area contributed by atoms with Crippen LogP contribution in [0, 0.1) is 10.1 Å². The van der Waals surface area contributed by atoms with Crippen LogP contribution in [0.25, 0.3) is 0 Å². The summed E-state index contributed by atoms with van der Waals surface area (Å²) >= 11 is 3.31. The van der Waals surface area contributed by atoms with E-state index in [1.54, 1.807) is 13.2 Å². The number of ether oxygens (including phenoxy) is 1. The molecule has 1 aromatic rings. The monoisotopic (exact) mass is 302 g/mol. The van der Waals surface area contributed by atoms with E-state index in [9.17, 15) is 10.1 Å². The molecule has 1 N–H and O–H groups in total. The molecule has 0 heterocycles. The summed E-state index contributed by atoms with van der Waals surface area (Å²) in [6, 6.07) is 4.63. The highest BCUT2D eigenvalue weighted by atomic mass is 79.9. The maximum absolute atomic E-state index is 10.6. The molecule has 5 nitrogen and oxygen atoms in total. The van der Waals surface area contributed by atoms with E-state index in [4.69, 9.17) is 4.74 Å². The zero-order valence-corrected chi connectivity index (χ0v) is 11.6. The van der Waals surface area contributed by atoms with Crippen LogP contribution < -0.4 is 5.32 Å². The zero-order chi connectivity index (χ0) is 13.1. The molecule has 0 atom stereocenters. The highest BCUT2D eigenvalue weighted by Gasteiger charge is 2.19. The lowest BCUT2D eigenvalue weighted by atomic mass is 10.1. The van der Waals surface area contributed by atoms with Crippen molar-refractivity contribution in [2.45, 2.75) is 19.4 Å². The van der Waals surface area contributed by atoms with Gasteiger partial charge in [-0.2, -0.15) is 0 Å². The van der Waals surface area contributed by atoms with Crippen molar-refractivity contribution < 1.29 is 9.66 Å². The molecule has 0 aliphatic heterocycles. The van der Waals surface area contributed by atoms with Gasteiger partial charge in [0.05, 0.1) is 17.1 Å². The number of non-ortho nitro benzene ring substituents is 1. The number of nitrogens with one attached hydrogen (secondary N) is 1. The number of hydrogen-bond donors (Lipinski definition) is 1. The predicted octanol–water partition coefficient (Wildman–Crippen LogP) is 3.19. The first-order valence-electron chi connectivity index (χ1n) is 5.07. The van der Waals surface area contributed by atoms with E-state index in [-0.39, 0.29) is 11.2 Å². The van der Waals surface area contributed by atoms with Gasteiger partial charge in [-0.3, -0.25) is 10.1 Å². The molecule has 0 aliphatic carbocycles. The van der Waals surface area contributed by atoms with E-state index in [0.29, 0.717) is 11.1 Å². The van der Waals surface area contributed by atoms with Crippen molar-refractivity contribution in [2.24, 2.45) is 0 Å². The maximum atomic E-state index is 10.6. The van der Waals surface area contributed by atoms with E-state index >= 15 is 0 Å². The minimum absolute atomic E-state index is 0.0620. The Balaban J connectivity index is 2.90. The van der Waals surface area contributed by atoms with Crippen molar-refractivity contribution in [2.75, 3.05) is 19.0 Å². The Labute approximate surface area is 108 Å². The highest BCUT2D eigenvalue weighted by Crippen LogP contribution is 2.29. The Bertz CT molecular complexity index is 421. The Hall–Kier alpha value is -1.14. The Morgan fingerprint density at radius 3 is 2.65 bits per heavy atom. The number of anilines is 1. The molecule has 0 saturated heterocycles. The quantitative estimate of drug-likeness (QED) is 0.670. The first-order valence-corrected chi connectivity index (χ1v) is 5.86. The number of nitrogens with zero attached hydrogens (tertiary/aromatic N) is 1. The minimum Gasteiger partial charge on any atom is -0.382 e. The van der Waals surface area contributed by atoms with E-state index in [0.717, 1.165) is 5.69 Å². The van der Waals surface area contributed by atoms with Crippen LogP contribution in [0.4, 0.5) is 11.4 Å². The van der Waals surface area contributed by atoms with E-state index in [2.05, 4.69) is 21.2 Å². The first kappa shape index (κ1) is 13.9. The van der Waals surface area contributed by atoms with Crippen LogP contribution in [0.2, 0.25) is 0 Å². The first-order chi connectivity index (χ1) is 7.85. The van der Waals surface area contributed by atoms with E-state index in [1.165, 1.54) is 12.1 Å². The number of benzene rings is 1. The summed E-state index contributed by atoms with van der Waals surface area (Å²) in [4.78, 5) is 10.2. The topological polar surface area (TPSA) is 64.4 Å². The van der Waals surface area contributed by atoms with Gasteiger partial charge in [0.25, 0.3) is 5.69 Å². The molecule has 0 radical (unpaired) electrons. The summed E-state index contributed by atoms with van der Waals surface area (Å²) in [6.45, 7) is 4.52. The zero-order valence-electron chi connectivity index (χ0n) is 9.99. The van der Waals surface area contributed by atoms with Crippen LogP contribution in [0.3, 0.4) is 0 Å². The van der Waals surface area contributed by atoms with Gasteiger partial charge < -0.3 is 10.1 Å². The van der Waals surface area contributed by atoms with Crippen LogP contribution in [-0.4, -0.2) is 24.2 Å². The lowest BCUT2D eigenvalue weighted by Crippen LogP contribution is -2.35. The summed E-state index contributed by atoms with van der Waals surface area (Å²) in [5, 5.41) is 13.9. The molecule has 0 aliphatic rings. The molecule has 0 fully saturated rings. The van der Waals surface area contributed by atoms with Crippen LogP contribution in [0.5, 0.6) is 0 Å². The number of hydrogen-bond acceptors (Lipinski definition) is 4. The van der Waals surface area contributed by atoms with Gasteiger partial charge in [0.2, 0.25) is 0 Å². The Morgan fingerprint density at radius 2 is 2.18 bits per heavy atom. The third-order valence-electron chi connectivity index (χ3n) is 2.14. The molecule has 94 valence electrons. The molecular formula is C11H15BrN2O3. The van der Waals surface area contributed by atoms with Gasteiger partial charge in [0.1, 0.15) is 0 Å². The van der Waals surface area contributed by atoms with Crippen molar-refractivity contribution in [3.8, 4) is 0 Å². The third-order valence-corrected chi connectivity index (χ3v) is 2.80. The molecule has 0 spiro atoms. The smallest absolute Gasteiger partial charge is 0.270 e. The average molecular weight is 303 g/mol. The SMILES string of the molecule is COCC(C)(C)Nc1ccc([N+](=O)[O-])cc1Br. The number of nitro benzene ring substituents is 1. The van der Waals surface area contributed by atoms with Crippen molar-refractivity contribution in [1.29, 1.82) is 0 Å². The maximum Gasteiger partial charge on any atom is 0.270 e. The molecule has 0 saturated carbocycles. The molecular weight excluding hydrogens is 288 g/mol. The van der Waals surface area contributed by atoms with Crippen LogP contribution in [0.1, 0.15) is 13.8 Å². The van der Waals surface area contributed by atoms with Crippen LogP contribution >= 0.6 is 15.9 Å². The van der Waals surface area contributed by atoms with Crippen LogP contribution in [-0.2, 0) is 4.74 Å². The van der Waals surface area contributed by atoms with E-state index in [1.807, 2.05) is 13.8 Å². The Morgan fingerprint density at radius 1 is 1.53 bits per heavy atom. The highest BCUT2D eigenvalue weighted by molar-refractivity contribution is 9.10. The second kappa shape index (κ2) is 5.46. The summed E-state index contributed by atoms with van der Waals surface area (Å²) in [7, 11) is 1.63. The molecule has 6 heteroatoms. The normalized spacial score (nSPS) is 11.3. The number of methoxy groups -OCH3 is 1. The summed E-state index contributed by atoms with van der Waals surface area (Å²) in [5.41, 5.74) is 0.623. The van der Waals surface area contributed by atoms with Gasteiger partial charge in [-0.25, -0.2) is 0 Å². The summed E-state index contributed by atoms with van der Waals surface area (Å²) in [6.07, 6.45) is 0. The summed E-state index contributed by atoms with van der Waals surface area (Å²) < 4.78 is 5.76. The standard InChI is InChI=1S/C11H15BrN2O3/c1-11(2,7-17-3)13-10-5-4-8(14(15)16)6-9(10)12/h4-6,13H,7H2,1-3H3. The van der Waals surface area contributed by atoms with E-state index < -0.39 is 4.92 Å². The Kier molecular flexibility index (Phi) is 4.47. The second-order valence-electron chi connectivity index (χ2n) is 4.36.